The molecule has 0 aromatic carbocycles. The third kappa shape index (κ3) is 5.85. The molecule has 1 N–H and O–H groups in total. The number of hydrogen-bond acceptors (Lipinski definition) is 5. The molecule has 0 aromatic rings. The lowest BCUT2D eigenvalue weighted by Gasteiger charge is -2.30. The van der Waals surface area contributed by atoms with E-state index in [4.69, 9.17) is 9.84 Å². The summed E-state index contributed by atoms with van der Waals surface area (Å²) in [5.41, 5.74) is 0. The minimum absolute atomic E-state index is 0.103. The standard InChI is InChI=1S/C9H17NO6S/c1-17(13,14)16-5-2-3-8-7-10(9(11)12)4-6-15-8/h8H,2-7H2,1H3,(H,11,12). The van der Waals surface area contributed by atoms with Crippen LogP contribution in [-0.4, -0.2) is 63.2 Å². The second-order valence-electron chi connectivity index (χ2n) is 3.89. The summed E-state index contributed by atoms with van der Waals surface area (Å²) < 4.78 is 31.3. The molecule has 0 radical (unpaired) electrons. The van der Waals surface area contributed by atoms with Crippen molar-refractivity contribution in [2.45, 2.75) is 18.9 Å². The van der Waals surface area contributed by atoms with Gasteiger partial charge < -0.3 is 14.7 Å². The van der Waals surface area contributed by atoms with Crippen molar-refractivity contribution in [2.24, 2.45) is 0 Å². The van der Waals surface area contributed by atoms with Gasteiger partial charge in [-0.2, -0.15) is 8.42 Å². The van der Waals surface area contributed by atoms with Gasteiger partial charge in [0.05, 0.1) is 32.1 Å². The number of ether oxygens (including phenoxy) is 1. The molecule has 0 saturated carbocycles. The van der Waals surface area contributed by atoms with Crippen LogP contribution in [-0.2, 0) is 19.0 Å². The summed E-state index contributed by atoms with van der Waals surface area (Å²) in [5, 5.41) is 8.80. The first-order valence-electron chi connectivity index (χ1n) is 5.32. The van der Waals surface area contributed by atoms with Gasteiger partial charge in [-0.15, -0.1) is 0 Å². The lowest BCUT2D eigenvalue weighted by molar-refractivity contribution is -0.0271. The Bertz CT molecular complexity index is 354. The predicted molar refractivity (Wildman–Crippen MR) is 59.4 cm³/mol. The van der Waals surface area contributed by atoms with Gasteiger partial charge in [0, 0.05) is 6.54 Å². The number of nitrogens with zero attached hydrogens (tertiary/aromatic N) is 1. The summed E-state index contributed by atoms with van der Waals surface area (Å²) >= 11 is 0. The average Bonchev–Trinajstić information content (AvgIpc) is 2.23. The molecule has 1 aliphatic rings. The second kappa shape index (κ2) is 6.18. The van der Waals surface area contributed by atoms with E-state index in [1.54, 1.807) is 0 Å². The van der Waals surface area contributed by atoms with Crippen LogP contribution in [0.1, 0.15) is 12.8 Å². The van der Waals surface area contributed by atoms with Gasteiger partial charge in [0.1, 0.15) is 0 Å². The van der Waals surface area contributed by atoms with Crippen molar-refractivity contribution in [2.75, 3.05) is 32.6 Å². The summed E-state index contributed by atoms with van der Waals surface area (Å²) in [6, 6.07) is 0. The zero-order chi connectivity index (χ0) is 12.9. The Labute approximate surface area is 100 Å². The summed E-state index contributed by atoms with van der Waals surface area (Å²) in [7, 11) is -3.40. The Morgan fingerprint density at radius 2 is 2.29 bits per heavy atom. The highest BCUT2D eigenvalue weighted by atomic mass is 32.2. The molecular weight excluding hydrogens is 250 g/mol. The Hall–Kier alpha value is -0.860. The topological polar surface area (TPSA) is 93.1 Å². The molecule has 1 rings (SSSR count). The van der Waals surface area contributed by atoms with E-state index >= 15 is 0 Å². The van der Waals surface area contributed by atoms with E-state index in [0.717, 1.165) is 6.26 Å². The third-order valence-corrected chi connectivity index (χ3v) is 2.97. The highest BCUT2D eigenvalue weighted by Gasteiger charge is 2.23. The molecule has 1 heterocycles. The van der Waals surface area contributed by atoms with E-state index in [0.29, 0.717) is 32.5 Å². The number of morpholine rings is 1. The van der Waals surface area contributed by atoms with Crippen molar-refractivity contribution >= 4 is 16.2 Å². The fourth-order valence-corrected chi connectivity index (χ4v) is 2.01. The van der Waals surface area contributed by atoms with Gasteiger partial charge in [-0.25, -0.2) is 4.79 Å². The molecule has 1 atom stereocenters. The molecular formula is C9H17NO6S. The van der Waals surface area contributed by atoms with Crippen LogP contribution in [0.15, 0.2) is 0 Å². The minimum atomic E-state index is -3.40. The van der Waals surface area contributed by atoms with E-state index < -0.39 is 16.2 Å². The zero-order valence-corrected chi connectivity index (χ0v) is 10.5. The second-order valence-corrected chi connectivity index (χ2v) is 5.53. The number of carboxylic acid groups (broad SMARTS) is 1. The first-order chi connectivity index (χ1) is 7.88. The van der Waals surface area contributed by atoms with Crippen molar-refractivity contribution in [3.8, 4) is 0 Å². The van der Waals surface area contributed by atoms with E-state index in [1.807, 2.05) is 0 Å². The van der Waals surface area contributed by atoms with Crippen LogP contribution in [0.25, 0.3) is 0 Å². The van der Waals surface area contributed by atoms with Gasteiger partial charge in [0.25, 0.3) is 10.1 Å². The maximum atomic E-state index is 10.7. The van der Waals surface area contributed by atoms with Crippen LogP contribution in [0, 0.1) is 0 Å². The normalized spacial score (nSPS) is 21.5. The molecule has 1 unspecified atom stereocenters. The average molecular weight is 267 g/mol. The van der Waals surface area contributed by atoms with Gasteiger partial charge in [0.2, 0.25) is 0 Å². The Morgan fingerprint density at radius 1 is 1.59 bits per heavy atom. The molecule has 7 nitrogen and oxygen atoms in total. The SMILES string of the molecule is CS(=O)(=O)OCCCC1CN(C(=O)O)CCO1. The molecule has 0 spiro atoms. The van der Waals surface area contributed by atoms with E-state index in [2.05, 4.69) is 4.18 Å². The molecule has 1 aliphatic heterocycles. The van der Waals surface area contributed by atoms with Crippen molar-refractivity contribution in [3.05, 3.63) is 0 Å². The Balaban J connectivity index is 2.21. The lowest BCUT2D eigenvalue weighted by atomic mass is 10.1. The number of rotatable bonds is 5. The van der Waals surface area contributed by atoms with Crippen LogP contribution in [0.5, 0.6) is 0 Å². The fourth-order valence-electron chi connectivity index (χ4n) is 1.59. The van der Waals surface area contributed by atoms with Crippen LogP contribution in [0.2, 0.25) is 0 Å². The monoisotopic (exact) mass is 267 g/mol. The summed E-state index contributed by atoms with van der Waals surface area (Å²) in [6.45, 7) is 1.19. The zero-order valence-electron chi connectivity index (χ0n) is 9.66. The van der Waals surface area contributed by atoms with Crippen molar-refractivity contribution in [1.29, 1.82) is 0 Å². The van der Waals surface area contributed by atoms with Crippen molar-refractivity contribution in [1.82, 2.24) is 4.90 Å². The Kier molecular flexibility index (Phi) is 5.16. The smallest absolute Gasteiger partial charge is 0.407 e. The van der Waals surface area contributed by atoms with E-state index in [-0.39, 0.29) is 12.7 Å². The van der Waals surface area contributed by atoms with Crippen molar-refractivity contribution < 1.29 is 27.2 Å². The molecule has 100 valence electrons. The summed E-state index contributed by atoms with van der Waals surface area (Å²) in [5.74, 6) is 0. The highest BCUT2D eigenvalue weighted by Crippen LogP contribution is 2.11. The quantitative estimate of drug-likeness (QED) is 0.562. The van der Waals surface area contributed by atoms with Crippen LogP contribution >= 0.6 is 0 Å². The maximum absolute atomic E-state index is 10.7. The first-order valence-corrected chi connectivity index (χ1v) is 7.14. The highest BCUT2D eigenvalue weighted by molar-refractivity contribution is 7.85. The molecule has 1 saturated heterocycles. The Morgan fingerprint density at radius 3 is 2.88 bits per heavy atom. The minimum Gasteiger partial charge on any atom is -0.465 e. The summed E-state index contributed by atoms with van der Waals surface area (Å²) in [6.07, 6.45) is 0.967. The number of amides is 1. The van der Waals surface area contributed by atoms with Crippen molar-refractivity contribution in [3.63, 3.8) is 0 Å². The molecule has 0 bridgehead atoms. The maximum Gasteiger partial charge on any atom is 0.407 e. The fraction of sp³-hybridized carbons (Fsp3) is 0.889. The third-order valence-electron chi connectivity index (χ3n) is 2.38. The molecule has 17 heavy (non-hydrogen) atoms. The van der Waals surface area contributed by atoms with Gasteiger partial charge in [-0.3, -0.25) is 4.18 Å². The number of hydrogen-bond donors (Lipinski definition) is 1. The lowest BCUT2D eigenvalue weighted by Crippen LogP contribution is -2.45. The van der Waals surface area contributed by atoms with E-state index in [1.165, 1.54) is 4.90 Å². The van der Waals surface area contributed by atoms with Crippen LogP contribution in [0.4, 0.5) is 4.79 Å². The first kappa shape index (κ1) is 14.2. The number of carbonyl (C=O) groups is 1. The van der Waals surface area contributed by atoms with Gasteiger partial charge in [0.15, 0.2) is 0 Å². The largest absolute Gasteiger partial charge is 0.465 e. The van der Waals surface area contributed by atoms with Gasteiger partial charge in [-0.05, 0) is 12.8 Å². The van der Waals surface area contributed by atoms with E-state index in [9.17, 15) is 13.2 Å². The molecule has 1 amide bonds. The molecule has 0 aliphatic carbocycles. The van der Waals surface area contributed by atoms with Gasteiger partial charge >= 0.3 is 6.09 Å². The molecule has 1 fully saturated rings. The van der Waals surface area contributed by atoms with Gasteiger partial charge in [-0.1, -0.05) is 0 Å². The molecule has 0 aromatic heterocycles. The summed E-state index contributed by atoms with van der Waals surface area (Å²) in [4.78, 5) is 12.0. The predicted octanol–water partition coefficient (Wildman–Crippen LogP) is 0.122. The van der Waals surface area contributed by atoms with Crippen LogP contribution < -0.4 is 0 Å². The van der Waals surface area contributed by atoms with Crippen LogP contribution in [0.3, 0.4) is 0 Å². The molecule has 8 heteroatoms.